The van der Waals surface area contributed by atoms with Crippen molar-refractivity contribution >= 4 is 35.2 Å². The Morgan fingerprint density at radius 1 is 1.22 bits per heavy atom. The monoisotopic (exact) mass is 352 g/mol. The van der Waals surface area contributed by atoms with Gasteiger partial charge in [0.1, 0.15) is 11.6 Å². The van der Waals surface area contributed by atoms with E-state index in [4.69, 9.17) is 28.5 Å². The molecule has 0 radical (unpaired) electrons. The molecule has 1 aromatic carbocycles. The Morgan fingerprint density at radius 2 is 1.91 bits per heavy atom. The minimum absolute atomic E-state index is 0.0419. The lowest BCUT2D eigenvalue weighted by molar-refractivity contribution is -0.117. The summed E-state index contributed by atoms with van der Waals surface area (Å²) in [5, 5.41) is 12.9. The van der Waals surface area contributed by atoms with Crippen LogP contribution < -0.4 is 5.32 Å². The summed E-state index contributed by atoms with van der Waals surface area (Å²) in [6.45, 7) is 2.77. The van der Waals surface area contributed by atoms with Crippen LogP contribution in [-0.2, 0) is 4.79 Å². The molecule has 0 heterocycles. The fourth-order valence-corrected chi connectivity index (χ4v) is 2.59. The van der Waals surface area contributed by atoms with Gasteiger partial charge in [0.25, 0.3) is 5.91 Å². The van der Waals surface area contributed by atoms with E-state index >= 15 is 0 Å². The van der Waals surface area contributed by atoms with Crippen LogP contribution in [0.3, 0.4) is 0 Å². The van der Waals surface area contributed by atoms with E-state index in [9.17, 15) is 4.79 Å². The third-order valence-electron chi connectivity index (χ3n) is 3.44. The van der Waals surface area contributed by atoms with Gasteiger partial charge in [-0.3, -0.25) is 4.79 Å². The molecule has 1 N–H and O–H groups in total. The Bertz CT molecular complexity index is 591. The zero-order chi connectivity index (χ0) is 17.1. The number of rotatable bonds is 9. The van der Waals surface area contributed by atoms with Crippen LogP contribution >= 0.6 is 23.2 Å². The van der Waals surface area contributed by atoms with Gasteiger partial charge < -0.3 is 5.32 Å². The van der Waals surface area contributed by atoms with Crippen molar-refractivity contribution in [1.29, 1.82) is 5.26 Å². The second-order valence-electron chi connectivity index (χ2n) is 5.36. The number of hydrogen-bond acceptors (Lipinski definition) is 2. The zero-order valence-corrected chi connectivity index (χ0v) is 14.9. The topological polar surface area (TPSA) is 52.9 Å². The third kappa shape index (κ3) is 7.54. The maximum atomic E-state index is 12.0. The van der Waals surface area contributed by atoms with Crippen LogP contribution in [-0.4, -0.2) is 12.5 Å². The van der Waals surface area contributed by atoms with Gasteiger partial charge in [-0.05, 0) is 30.2 Å². The minimum atomic E-state index is -0.368. The standard InChI is InChI=1S/C18H22Cl2N2O/c1-2-3-4-5-6-7-10-22-18(23)15(13-21)11-14-8-9-16(19)12-17(14)20/h8-9,11-12H,2-7,10H2,1H3,(H,22,23)/b15-11+. The van der Waals surface area contributed by atoms with E-state index in [0.29, 0.717) is 22.2 Å². The van der Waals surface area contributed by atoms with Crippen molar-refractivity contribution in [3.63, 3.8) is 0 Å². The van der Waals surface area contributed by atoms with Gasteiger partial charge in [0.2, 0.25) is 0 Å². The predicted molar refractivity (Wildman–Crippen MR) is 96.4 cm³/mol. The highest BCUT2D eigenvalue weighted by Crippen LogP contribution is 2.23. The Morgan fingerprint density at radius 3 is 2.57 bits per heavy atom. The Kier molecular flexibility index (Phi) is 9.43. The molecule has 3 nitrogen and oxygen atoms in total. The van der Waals surface area contributed by atoms with Gasteiger partial charge in [0, 0.05) is 16.6 Å². The number of carbonyl (C=O) groups excluding carboxylic acids is 1. The van der Waals surface area contributed by atoms with Crippen LogP contribution in [0.25, 0.3) is 6.08 Å². The molecule has 0 bridgehead atoms. The van der Waals surface area contributed by atoms with Crippen LogP contribution in [0.4, 0.5) is 0 Å². The molecule has 0 aliphatic heterocycles. The number of hydrogen-bond donors (Lipinski definition) is 1. The number of benzene rings is 1. The molecule has 0 saturated carbocycles. The zero-order valence-electron chi connectivity index (χ0n) is 13.4. The number of unbranched alkanes of at least 4 members (excludes halogenated alkanes) is 5. The molecule has 0 saturated heterocycles. The molecule has 124 valence electrons. The van der Waals surface area contributed by atoms with Gasteiger partial charge in [0.05, 0.1) is 0 Å². The molecule has 23 heavy (non-hydrogen) atoms. The van der Waals surface area contributed by atoms with E-state index in [0.717, 1.165) is 12.8 Å². The van der Waals surface area contributed by atoms with Gasteiger partial charge in [-0.2, -0.15) is 5.26 Å². The highest BCUT2D eigenvalue weighted by molar-refractivity contribution is 6.35. The molecule has 0 fully saturated rings. The van der Waals surface area contributed by atoms with Crippen molar-refractivity contribution in [3.05, 3.63) is 39.4 Å². The highest BCUT2D eigenvalue weighted by Gasteiger charge is 2.09. The van der Waals surface area contributed by atoms with Crippen LogP contribution in [0, 0.1) is 11.3 Å². The van der Waals surface area contributed by atoms with Crippen LogP contribution in [0.15, 0.2) is 23.8 Å². The maximum absolute atomic E-state index is 12.0. The average Bonchev–Trinajstić information content (AvgIpc) is 2.53. The van der Waals surface area contributed by atoms with Crippen LogP contribution in [0.2, 0.25) is 10.0 Å². The fourth-order valence-electron chi connectivity index (χ4n) is 2.13. The van der Waals surface area contributed by atoms with Gasteiger partial charge in [-0.1, -0.05) is 68.3 Å². The molecule has 0 aliphatic rings. The van der Waals surface area contributed by atoms with Gasteiger partial charge in [-0.25, -0.2) is 0 Å². The normalized spacial score (nSPS) is 11.1. The summed E-state index contributed by atoms with van der Waals surface area (Å²) >= 11 is 11.9. The van der Waals surface area contributed by atoms with E-state index in [2.05, 4.69) is 12.2 Å². The second-order valence-corrected chi connectivity index (χ2v) is 6.20. The second kappa shape index (κ2) is 11.1. The Balaban J connectivity index is 2.49. The number of nitriles is 1. The number of amides is 1. The van der Waals surface area contributed by atoms with Crippen molar-refractivity contribution in [3.8, 4) is 6.07 Å². The number of halogens is 2. The Hall–Kier alpha value is -1.50. The third-order valence-corrected chi connectivity index (χ3v) is 4.01. The van der Waals surface area contributed by atoms with Crippen LogP contribution in [0.1, 0.15) is 51.0 Å². The molecule has 1 aromatic rings. The molecule has 1 amide bonds. The molecule has 0 aromatic heterocycles. The van der Waals surface area contributed by atoms with Crippen molar-refractivity contribution in [1.82, 2.24) is 5.32 Å². The lowest BCUT2D eigenvalue weighted by Gasteiger charge is -2.05. The highest BCUT2D eigenvalue weighted by atomic mass is 35.5. The van der Waals surface area contributed by atoms with Crippen LogP contribution in [0.5, 0.6) is 0 Å². The van der Waals surface area contributed by atoms with E-state index in [-0.39, 0.29) is 11.5 Å². The summed E-state index contributed by atoms with van der Waals surface area (Å²) in [5.74, 6) is -0.368. The largest absolute Gasteiger partial charge is 0.351 e. The Labute approximate surface area is 148 Å². The summed E-state index contributed by atoms with van der Waals surface area (Å²) < 4.78 is 0. The molecular weight excluding hydrogens is 331 g/mol. The summed E-state index contributed by atoms with van der Waals surface area (Å²) in [6, 6.07) is 6.85. The van der Waals surface area contributed by atoms with Gasteiger partial charge in [-0.15, -0.1) is 0 Å². The van der Waals surface area contributed by atoms with Crippen molar-refractivity contribution in [2.45, 2.75) is 45.4 Å². The van der Waals surface area contributed by atoms with E-state index in [1.165, 1.54) is 31.8 Å². The lowest BCUT2D eigenvalue weighted by atomic mass is 10.1. The first kappa shape index (κ1) is 19.5. The number of nitrogens with zero attached hydrogens (tertiary/aromatic N) is 1. The first-order chi connectivity index (χ1) is 11.1. The first-order valence-electron chi connectivity index (χ1n) is 7.93. The first-order valence-corrected chi connectivity index (χ1v) is 8.69. The maximum Gasteiger partial charge on any atom is 0.261 e. The van der Waals surface area contributed by atoms with Gasteiger partial charge >= 0.3 is 0 Å². The van der Waals surface area contributed by atoms with E-state index in [1.807, 2.05) is 6.07 Å². The fraction of sp³-hybridized carbons (Fsp3) is 0.444. The molecule has 0 atom stereocenters. The summed E-state index contributed by atoms with van der Waals surface area (Å²) in [5.41, 5.74) is 0.641. The predicted octanol–water partition coefficient (Wildman–Crippen LogP) is 5.38. The summed E-state index contributed by atoms with van der Waals surface area (Å²) in [7, 11) is 0. The van der Waals surface area contributed by atoms with Crippen molar-refractivity contribution in [2.24, 2.45) is 0 Å². The number of carbonyl (C=O) groups is 1. The minimum Gasteiger partial charge on any atom is -0.351 e. The number of nitrogens with one attached hydrogen (secondary N) is 1. The molecular formula is C18H22Cl2N2O. The molecule has 5 heteroatoms. The summed E-state index contributed by atoms with van der Waals surface area (Å²) in [6.07, 6.45) is 8.41. The van der Waals surface area contributed by atoms with Crippen molar-refractivity contribution < 1.29 is 4.79 Å². The SMILES string of the molecule is CCCCCCCCNC(=O)/C(C#N)=C/c1ccc(Cl)cc1Cl. The van der Waals surface area contributed by atoms with E-state index in [1.54, 1.807) is 18.2 Å². The molecule has 0 aliphatic carbocycles. The van der Waals surface area contributed by atoms with Crippen molar-refractivity contribution in [2.75, 3.05) is 6.54 Å². The molecule has 1 rings (SSSR count). The lowest BCUT2D eigenvalue weighted by Crippen LogP contribution is -2.25. The quantitative estimate of drug-likeness (QED) is 0.368. The molecule has 0 unspecified atom stereocenters. The smallest absolute Gasteiger partial charge is 0.261 e. The van der Waals surface area contributed by atoms with Gasteiger partial charge in [0.15, 0.2) is 0 Å². The van der Waals surface area contributed by atoms with E-state index < -0.39 is 0 Å². The average molecular weight is 353 g/mol. The molecule has 0 spiro atoms. The summed E-state index contributed by atoms with van der Waals surface area (Å²) in [4.78, 5) is 12.0.